The highest BCUT2D eigenvalue weighted by atomic mass is 32.1. The van der Waals surface area contributed by atoms with Crippen LogP contribution in [-0.4, -0.2) is 45.5 Å². The average Bonchev–Trinajstić information content (AvgIpc) is 3.31. The lowest BCUT2D eigenvalue weighted by Crippen LogP contribution is -2.49. The number of aliphatic hydroxyl groups is 1. The Morgan fingerprint density at radius 2 is 1.87 bits per heavy atom. The molecule has 2 amide bonds. The molecule has 1 aliphatic heterocycles. The van der Waals surface area contributed by atoms with E-state index in [2.05, 4.69) is 10.3 Å². The van der Waals surface area contributed by atoms with Gasteiger partial charge in [0.2, 0.25) is 11.8 Å². The van der Waals surface area contributed by atoms with Crippen LogP contribution in [0.1, 0.15) is 58.3 Å². The van der Waals surface area contributed by atoms with Crippen molar-refractivity contribution >= 4 is 23.2 Å². The Morgan fingerprint density at radius 1 is 1.23 bits per heavy atom. The van der Waals surface area contributed by atoms with E-state index < -0.39 is 12.1 Å². The Morgan fingerprint density at radius 3 is 2.42 bits per heavy atom. The molecule has 1 aliphatic rings. The number of amides is 2. The lowest BCUT2D eigenvalue weighted by atomic mass is 9.81. The first-order valence-electron chi connectivity index (χ1n) is 10.8. The topological polar surface area (TPSA) is 82.5 Å². The number of aliphatic hydroxyl groups excluding tert-OH is 1. The molecule has 31 heavy (non-hydrogen) atoms. The minimum absolute atomic E-state index is 0.0823. The molecule has 1 aromatic heterocycles. The minimum Gasteiger partial charge on any atom is -0.391 e. The fraction of sp³-hybridized carbons (Fsp3) is 0.542. The summed E-state index contributed by atoms with van der Waals surface area (Å²) in [5, 5.41) is 13.2. The number of nitrogens with zero attached hydrogens (tertiary/aromatic N) is 2. The number of carbonyl (C=O) groups excluding carboxylic acids is 2. The van der Waals surface area contributed by atoms with Crippen molar-refractivity contribution in [2.24, 2.45) is 11.3 Å². The van der Waals surface area contributed by atoms with Crippen LogP contribution in [0.5, 0.6) is 0 Å². The largest absolute Gasteiger partial charge is 0.391 e. The van der Waals surface area contributed by atoms with Gasteiger partial charge in [0.05, 0.1) is 28.2 Å². The number of likely N-dealkylation sites (tertiary alicyclic amines) is 1. The van der Waals surface area contributed by atoms with Gasteiger partial charge in [0, 0.05) is 18.9 Å². The second-order valence-electron chi connectivity index (χ2n) is 9.60. The fourth-order valence-electron chi connectivity index (χ4n) is 3.82. The van der Waals surface area contributed by atoms with Gasteiger partial charge in [-0.05, 0) is 30.4 Å². The number of hydrogen-bond donors (Lipinski definition) is 2. The van der Waals surface area contributed by atoms with Gasteiger partial charge in [-0.1, -0.05) is 52.0 Å². The molecule has 0 saturated carbocycles. The fourth-order valence-corrected chi connectivity index (χ4v) is 4.63. The van der Waals surface area contributed by atoms with E-state index in [0.29, 0.717) is 0 Å². The van der Waals surface area contributed by atoms with Crippen LogP contribution < -0.4 is 5.32 Å². The van der Waals surface area contributed by atoms with Gasteiger partial charge < -0.3 is 15.3 Å². The van der Waals surface area contributed by atoms with Crippen LogP contribution in [0, 0.1) is 18.3 Å². The van der Waals surface area contributed by atoms with Crippen molar-refractivity contribution in [3.05, 3.63) is 41.0 Å². The van der Waals surface area contributed by atoms with Crippen LogP contribution in [-0.2, 0) is 9.59 Å². The van der Waals surface area contributed by atoms with Gasteiger partial charge in [0.25, 0.3) is 0 Å². The maximum atomic E-state index is 13.0. The van der Waals surface area contributed by atoms with Gasteiger partial charge in [-0.3, -0.25) is 9.59 Å². The minimum atomic E-state index is -0.677. The second kappa shape index (κ2) is 9.09. The Balaban J connectivity index is 1.69. The Labute approximate surface area is 188 Å². The zero-order valence-electron chi connectivity index (χ0n) is 19.2. The smallest absolute Gasteiger partial charge is 0.243 e. The summed E-state index contributed by atoms with van der Waals surface area (Å²) in [6.45, 7) is 12.0. The normalized spacial score (nSPS) is 21.1. The number of benzene rings is 1. The molecule has 1 aromatic carbocycles. The first-order valence-corrected chi connectivity index (χ1v) is 11.7. The highest BCUT2D eigenvalue weighted by molar-refractivity contribution is 7.13. The Kier molecular flexibility index (Phi) is 6.86. The SMILES string of the molecule is Cc1ncsc1-c1ccc([C@H](C)NC(=O)C2C[C@H](O)CN2C(=O)[C@@H](C)C(C)(C)C)cc1. The number of aromatic nitrogens is 1. The van der Waals surface area contributed by atoms with E-state index in [1.807, 2.05) is 71.3 Å². The molecule has 168 valence electrons. The zero-order valence-corrected chi connectivity index (χ0v) is 20.0. The van der Waals surface area contributed by atoms with E-state index in [1.165, 1.54) is 0 Å². The maximum absolute atomic E-state index is 13.0. The van der Waals surface area contributed by atoms with Crippen molar-refractivity contribution in [2.75, 3.05) is 6.54 Å². The number of nitrogens with one attached hydrogen (secondary N) is 1. The first kappa shape index (κ1) is 23.4. The molecule has 1 fully saturated rings. The Bertz CT molecular complexity index is 932. The molecular formula is C24H33N3O3S. The number of aryl methyl sites for hydroxylation is 1. The number of carbonyl (C=O) groups is 2. The number of hydrogen-bond acceptors (Lipinski definition) is 5. The molecule has 0 spiro atoms. The van der Waals surface area contributed by atoms with E-state index >= 15 is 0 Å². The molecule has 0 bridgehead atoms. The Hall–Kier alpha value is -2.25. The van der Waals surface area contributed by atoms with Crippen molar-refractivity contribution in [3.8, 4) is 10.4 Å². The van der Waals surface area contributed by atoms with Crippen LogP contribution >= 0.6 is 11.3 Å². The molecule has 4 atom stereocenters. The van der Waals surface area contributed by atoms with Crippen molar-refractivity contribution in [3.63, 3.8) is 0 Å². The highest BCUT2D eigenvalue weighted by Gasteiger charge is 2.42. The summed E-state index contributed by atoms with van der Waals surface area (Å²) in [5.41, 5.74) is 4.73. The quantitative estimate of drug-likeness (QED) is 0.733. The second-order valence-corrected chi connectivity index (χ2v) is 10.5. The van der Waals surface area contributed by atoms with Crippen LogP contribution in [0.4, 0.5) is 0 Å². The number of rotatable bonds is 5. The van der Waals surface area contributed by atoms with Gasteiger partial charge in [-0.25, -0.2) is 4.98 Å². The predicted octanol–water partition coefficient (Wildman–Crippen LogP) is 3.94. The monoisotopic (exact) mass is 443 g/mol. The summed E-state index contributed by atoms with van der Waals surface area (Å²) in [7, 11) is 0. The van der Waals surface area contributed by atoms with E-state index in [0.717, 1.165) is 21.7 Å². The average molecular weight is 444 g/mol. The van der Waals surface area contributed by atoms with Gasteiger partial charge in [0.1, 0.15) is 6.04 Å². The van der Waals surface area contributed by atoms with Crippen LogP contribution in [0.25, 0.3) is 10.4 Å². The summed E-state index contributed by atoms with van der Waals surface area (Å²) >= 11 is 1.61. The summed E-state index contributed by atoms with van der Waals surface area (Å²) in [4.78, 5) is 33.0. The molecule has 1 unspecified atom stereocenters. The third-order valence-electron chi connectivity index (χ3n) is 6.31. The maximum Gasteiger partial charge on any atom is 0.243 e. The van der Waals surface area contributed by atoms with Gasteiger partial charge >= 0.3 is 0 Å². The summed E-state index contributed by atoms with van der Waals surface area (Å²) in [6.07, 6.45) is -0.408. The number of β-amino-alcohol motifs (C(OH)–C–C–N with tert-alkyl or cyclic N) is 1. The summed E-state index contributed by atoms with van der Waals surface area (Å²) in [6, 6.07) is 7.24. The molecule has 2 aromatic rings. The molecule has 0 aliphatic carbocycles. The zero-order chi connectivity index (χ0) is 22.9. The van der Waals surface area contributed by atoms with Crippen molar-refractivity contribution in [2.45, 2.75) is 66.2 Å². The van der Waals surface area contributed by atoms with Gasteiger partial charge in [-0.2, -0.15) is 0 Å². The molecule has 7 heteroatoms. The molecule has 3 rings (SSSR count). The van der Waals surface area contributed by atoms with Crippen LogP contribution in [0.15, 0.2) is 29.8 Å². The molecule has 1 saturated heterocycles. The van der Waals surface area contributed by atoms with Crippen LogP contribution in [0.3, 0.4) is 0 Å². The van der Waals surface area contributed by atoms with E-state index in [9.17, 15) is 14.7 Å². The lowest BCUT2D eigenvalue weighted by Gasteiger charge is -2.33. The first-order chi connectivity index (χ1) is 14.5. The molecule has 6 nitrogen and oxygen atoms in total. The van der Waals surface area contributed by atoms with Crippen molar-refractivity contribution in [1.82, 2.24) is 15.2 Å². The summed E-state index contributed by atoms with van der Waals surface area (Å²) in [5.74, 6) is -0.546. The third kappa shape index (κ3) is 5.15. The predicted molar refractivity (Wildman–Crippen MR) is 124 cm³/mol. The van der Waals surface area contributed by atoms with Crippen molar-refractivity contribution < 1.29 is 14.7 Å². The standard InChI is InChI=1S/C24H33N3O3S/c1-14(24(4,5)6)23(30)27-12-19(28)11-20(27)22(29)26-15(2)17-7-9-18(10-8-17)21-16(3)25-13-31-21/h7-10,13-15,19-20,28H,11-12H2,1-6H3,(H,26,29)/t14-,15+,19+,20?/m1/s1. The van der Waals surface area contributed by atoms with Gasteiger partial charge in [0.15, 0.2) is 0 Å². The van der Waals surface area contributed by atoms with Crippen molar-refractivity contribution in [1.29, 1.82) is 0 Å². The van der Waals surface area contributed by atoms with E-state index in [1.54, 1.807) is 16.2 Å². The lowest BCUT2D eigenvalue weighted by molar-refractivity contribution is -0.144. The highest BCUT2D eigenvalue weighted by Crippen LogP contribution is 2.31. The van der Waals surface area contributed by atoms with E-state index in [4.69, 9.17) is 0 Å². The molecule has 2 heterocycles. The third-order valence-corrected chi connectivity index (χ3v) is 7.29. The van der Waals surface area contributed by atoms with Gasteiger partial charge in [-0.15, -0.1) is 11.3 Å². The molecule has 2 N–H and O–H groups in total. The molecule has 0 radical (unpaired) electrons. The summed E-state index contributed by atoms with van der Waals surface area (Å²) < 4.78 is 0. The number of thiazole rings is 1. The van der Waals surface area contributed by atoms with E-state index in [-0.39, 0.29) is 42.2 Å². The van der Waals surface area contributed by atoms with Crippen LogP contribution in [0.2, 0.25) is 0 Å². The molecular weight excluding hydrogens is 410 g/mol.